The van der Waals surface area contributed by atoms with Crippen molar-refractivity contribution < 1.29 is 4.79 Å². The molecule has 0 spiro atoms. The van der Waals surface area contributed by atoms with E-state index in [0.717, 1.165) is 24.9 Å². The molecule has 0 atom stereocenters. The Balaban J connectivity index is 2.05. The maximum absolute atomic E-state index is 11.9. The van der Waals surface area contributed by atoms with Crippen LogP contribution in [0.3, 0.4) is 0 Å². The van der Waals surface area contributed by atoms with Crippen LogP contribution in [0.2, 0.25) is 5.15 Å². The Morgan fingerprint density at radius 2 is 2.12 bits per heavy atom. The highest BCUT2D eigenvalue weighted by Gasteiger charge is 2.16. The van der Waals surface area contributed by atoms with Crippen molar-refractivity contribution >= 4 is 17.5 Å². The monoisotopic (exact) mass is 252 g/mol. The van der Waals surface area contributed by atoms with Crippen molar-refractivity contribution in [2.75, 3.05) is 6.54 Å². The zero-order valence-corrected chi connectivity index (χ0v) is 10.6. The minimum Gasteiger partial charge on any atom is -0.338 e. The molecule has 3 nitrogen and oxygen atoms in total. The van der Waals surface area contributed by atoms with Crippen LogP contribution in [0.4, 0.5) is 0 Å². The molecule has 0 bridgehead atoms. The Morgan fingerprint density at radius 3 is 2.94 bits per heavy atom. The molecule has 0 aromatic carbocycles. The van der Waals surface area contributed by atoms with Gasteiger partial charge in [-0.15, -0.1) is 0 Å². The summed E-state index contributed by atoms with van der Waals surface area (Å²) in [6, 6.07) is 3.79. The van der Waals surface area contributed by atoms with Gasteiger partial charge < -0.3 is 4.90 Å². The smallest absolute Gasteiger partial charge is 0.222 e. The zero-order chi connectivity index (χ0) is 12.1. The average molecular weight is 253 g/mol. The van der Waals surface area contributed by atoms with E-state index < -0.39 is 0 Å². The highest BCUT2D eigenvalue weighted by Crippen LogP contribution is 2.18. The first-order chi connectivity index (χ1) is 8.27. The third-order valence-electron chi connectivity index (χ3n) is 3.12. The van der Waals surface area contributed by atoms with Crippen LogP contribution >= 0.6 is 11.6 Å². The largest absolute Gasteiger partial charge is 0.338 e. The molecule has 0 aliphatic carbocycles. The lowest BCUT2D eigenvalue weighted by Crippen LogP contribution is -2.32. The number of nitrogens with zero attached hydrogens (tertiary/aromatic N) is 2. The van der Waals surface area contributed by atoms with Gasteiger partial charge in [-0.2, -0.15) is 0 Å². The van der Waals surface area contributed by atoms with Gasteiger partial charge in [0.25, 0.3) is 0 Å². The van der Waals surface area contributed by atoms with E-state index >= 15 is 0 Å². The number of rotatable bonds is 2. The van der Waals surface area contributed by atoms with Gasteiger partial charge in [-0.1, -0.05) is 30.5 Å². The van der Waals surface area contributed by atoms with Crippen LogP contribution < -0.4 is 0 Å². The van der Waals surface area contributed by atoms with Crippen LogP contribution in [-0.4, -0.2) is 22.3 Å². The van der Waals surface area contributed by atoms with Crippen molar-refractivity contribution in [1.29, 1.82) is 0 Å². The van der Waals surface area contributed by atoms with Gasteiger partial charge in [-0.05, 0) is 18.9 Å². The fourth-order valence-electron chi connectivity index (χ4n) is 2.13. The minimum absolute atomic E-state index is 0.240. The molecule has 1 amide bonds. The molecule has 1 fully saturated rings. The van der Waals surface area contributed by atoms with Gasteiger partial charge in [0.15, 0.2) is 0 Å². The Kier molecular flexibility index (Phi) is 4.37. The number of halogens is 1. The highest BCUT2D eigenvalue weighted by atomic mass is 35.5. The first kappa shape index (κ1) is 12.4. The predicted molar refractivity (Wildman–Crippen MR) is 67.7 cm³/mol. The normalized spacial score (nSPS) is 17.7. The molecule has 2 rings (SSSR count). The Morgan fingerprint density at radius 1 is 1.29 bits per heavy atom. The van der Waals surface area contributed by atoms with Crippen LogP contribution in [0.15, 0.2) is 18.3 Å². The Labute approximate surface area is 107 Å². The van der Waals surface area contributed by atoms with Gasteiger partial charge in [0.2, 0.25) is 5.91 Å². The minimum atomic E-state index is 0.240. The molecule has 0 saturated carbocycles. The molecule has 1 aliphatic heterocycles. The van der Waals surface area contributed by atoms with Gasteiger partial charge in [0.05, 0.1) is 0 Å². The molecule has 1 aromatic heterocycles. The number of pyridine rings is 1. The maximum atomic E-state index is 11.9. The number of hydrogen-bond donors (Lipinski definition) is 0. The van der Waals surface area contributed by atoms with Gasteiger partial charge in [0, 0.05) is 31.3 Å². The topological polar surface area (TPSA) is 33.2 Å². The molecule has 92 valence electrons. The number of hydrogen-bond acceptors (Lipinski definition) is 2. The van der Waals surface area contributed by atoms with Crippen LogP contribution in [0.1, 0.15) is 37.7 Å². The van der Waals surface area contributed by atoms with E-state index in [1.807, 2.05) is 17.0 Å². The van der Waals surface area contributed by atoms with Crippen LogP contribution in [0.5, 0.6) is 0 Å². The maximum Gasteiger partial charge on any atom is 0.222 e. The number of likely N-dealkylation sites (tertiary alicyclic amines) is 1. The van der Waals surface area contributed by atoms with E-state index in [0.29, 0.717) is 18.1 Å². The summed E-state index contributed by atoms with van der Waals surface area (Å²) in [5, 5.41) is 0.502. The van der Waals surface area contributed by atoms with Gasteiger partial charge in [-0.25, -0.2) is 4.98 Å². The number of carbonyl (C=O) groups excluding carboxylic acids is 1. The summed E-state index contributed by atoms with van der Waals surface area (Å²) >= 11 is 6.02. The van der Waals surface area contributed by atoms with Gasteiger partial charge in [0.1, 0.15) is 5.15 Å². The van der Waals surface area contributed by atoms with Crippen molar-refractivity contribution in [3.8, 4) is 0 Å². The number of amides is 1. The lowest BCUT2D eigenvalue weighted by Gasteiger charge is -2.25. The molecule has 0 radical (unpaired) electrons. The van der Waals surface area contributed by atoms with E-state index in [-0.39, 0.29) is 5.91 Å². The van der Waals surface area contributed by atoms with Crippen molar-refractivity contribution in [2.24, 2.45) is 0 Å². The van der Waals surface area contributed by atoms with Crippen molar-refractivity contribution in [2.45, 2.75) is 38.6 Å². The van der Waals surface area contributed by atoms with Crippen molar-refractivity contribution in [3.63, 3.8) is 0 Å². The molecule has 2 heterocycles. The fourth-order valence-corrected chi connectivity index (χ4v) is 2.30. The van der Waals surface area contributed by atoms with Crippen molar-refractivity contribution in [1.82, 2.24) is 9.88 Å². The summed E-state index contributed by atoms with van der Waals surface area (Å²) in [6.45, 7) is 1.43. The highest BCUT2D eigenvalue weighted by molar-refractivity contribution is 6.30. The summed E-state index contributed by atoms with van der Waals surface area (Å²) < 4.78 is 0. The summed E-state index contributed by atoms with van der Waals surface area (Å²) in [4.78, 5) is 17.9. The second kappa shape index (κ2) is 6.01. The molecule has 17 heavy (non-hydrogen) atoms. The molecular weight excluding hydrogens is 236 g/mol. The SMILES string of the molecule is O=C1CCCCCCN1Cc1cccnc1Cl. The zero-order valence-electron chi connectivity index (χ0n) is 9.86. The fraction of sp³-hybridized carbons (Fsp3) is 0.538. The summed E-state index contributed by atoms with van der Waals surface area (Å²) in [5.41, 5.74) is 0.933. The summed E-state index contributed by atoms with van der Waals surface area (Å²) in [7, 11) is 0. The van der Waals surface area contributed by atoms with Gasteiger partial charge in [-0.3, -0.25) is 4.79 Å². The van der Waals surface area contributed by atoms with Crippen LogP contribution in [-0.2, 0) is 11.3 Å². The molecular formula is C13H17ClN2O. The van der Waals surface area contributed by atoms with Crippen LogP contribution in [0, 0.1) is 0 Å². The lowest BCUT2D eigenvalue weighted by atomic mass is 10.1. The quantitative estimate of drug-likeness (QED) is 0.758. The number of carbonyl (C=O) groups is 1. The molecule has 0 N–H and O–H groups in total. The summed E-state index contributed by atoms with van der Waals surface area (Å²) in [5.74, 6) is 0.240. The predicted octanol–water partition coefficient (Wildman–Crippen LogP) is 3.03. The van der Waals surface area contributed by atoms with Crippen molar-refractivity contribution in [3.05, 3.63) is 29.0 Å². The Bertz CT molecular complexity index is 395. The van der Waals surface area contributed by atoms with Crippen LogP contribution in [0.25, 0.3) is 0 Å². The second-order valence-corrected chi connectivity index (χ2v) is 4.79. The molecule has 0 unspecified atom stereocenters. The standard InChI is InChI=1S/C13H17ClN2O/c14-13-11(6-5-8-15-13)10-16-9-4-2-1-3-7-12(16)17/h5-6,8H,1-4,7,9-10H2. The average Bonchev–Trinajstić information content (AvgIpc) is 2.31. The third kappa shape index (κ3) is 3.43. The van der Waals surface area contributed by atoms with Gasteiger partial charge >= 0.3 is 0 Å². The van der Waals surface area contributed by atoms with E-state index in [4.69, 9.17) is 11.6 Å². The summed E-state index contributed by atoms with van der Waals surface area (Å²) in [6.07, 6.45) is 6.82. The molecule has 4 heteroatoms. The van der Waals surface area contributed by atoms with E-state index in [1.54, 1.807) is 6.20 Å². The van der Waals surface area contributed by atoms with E-state index in [2.05, 4.69) is 4.98 Å². The Hall–Kier alpha value is -1.09. The first-order valence-corrected chi connectivity index (χ1v) is 6.52. The van der Waals surface area contributed by atoms with E-state index in [9.17, 15) is 4.79 Å². The second-order valence-electron chi connectivity index (χ2n) is 4.43. The molecule has 1 aromatic rings. The molecule has 1 saturated heterocycles. The van der Waals surface area contributed by atoms with E-state index in [1.165, 1.54) is 12.8 Å². The molecule has 1 aliphatic rings. The number of aromatic nitrogens is 1. The third-order valence-corrected chi connectivity index (χ3v) is 3.46. The lowest BCUT2D eigenvalue weighted by molar-refractivity contribution is -0.132. The first-order valence-electron chi connectivity index (χ1n) is 6.14.